The molecule has 5 nitrogen and oxygen atoms in total. The Morgan fingerprint density at radius 3 is 1.03 bits per heavy atom. The van der Waals surface area contributed by atoms with Gasteiger partial charge >= 0.3 is 0 Å². The van der Waals surface area contributed by atoms with Gasteiger partial charge in [0.1, 0.15) is 0 Å². The summed E-state index contributed by atoms with van der Waals surface area (Å²) in [6.07, 6.45) is 20.8. The predicted molar refractivity (Wildman–Crippen MR) is 130 cm³/mol. The molecule has 7 N–H and O–H groups in total. The van der Waals surface area contributed by atoms with Crippen molar-refractivity contribution in [3.63, 3.8) is 0 Å². The van der Waals surface area contributed by atoms with Crippen LogP contribution in [-0.2, 0) is 0 Å². The summed E-state index contributed by atoms with van der Waals surface area (Å²) in [5, 5.41) is 3.59. The lowest BCUT2D eigenvalue weighted by Gasteiger charge is -2.22. The number of hydrogen-bond donors (Lipinski definition) is 4. The van der Waals surface area contributed by atoms with E-state index in [0.717, 1.165) is 19.6 Å². The average Bonchev–Trinajstić information content (AvgIpc) is 2.73. The normalized spacial score (nSPS) is 11.6. The van der Waals surface area contributed by atoms with Crippen LogP contribution in [-0.4, -0.2) is 57.3 Å². The van der Waals surface area contributed by atoms with Gasteiger partial charge in [0, 0.05) is 0 Å². The highest BCUT2D eigenvalue weighted by Gasteiger charge is 2.05. The van der Waals surface area contributed by atoms with Crippen molar-refractivity contribution in [1.82, 2.24) is 10.2 Å². The third-order valence-corrected chi connectivity index (χ3v) is 5.74. The van der Waals surface area contributed by atoms with Gasteiger partial charge in [0.2, 0.25) is 0 Å². The standard InChI is InChI=1S/C24H55N5/c25-17-9-1-4-12-20-28-21-13-5-8-16-24-29(22-14-6-2-10-18-26)23-15-7-3-11-19-27/h28H,1-27H2. The quantitative estimate of drug-likeness (QED) is 0.170. The summed E-state index contributed by atoms with van der Waals surface area (Å²) in [7, 11) is 0. The van der Waals surface area contributed by atoms with Gasteiger partial charge in [-0.25, -0.2) is 0 Å². The fourth-order valence-corrected chi connectivity index (χ4v) is 3.81. The van der Waals surface area contributed by atoms with Crippen molar-refractivity contribution in [2.24, 2.45) is 17.2 Å². The van der Waals surface area contributed by atoms with Crippen molar-refractivity contribution < 1.29 is 0 Å². The monoisotopic (exact) mass is 413 g/mol. The molecule has 0 unspecified atom stereocenters. The Hall–Kier alpha value is -0.200. The highest BCUT2D eigenvalue weighted by molar-refractivity contribution is 4.61. The third kappa shape index (κ3) is 23.9. The van der Waals surface area contributed by atoms with E-state index >= 15 is 0 Å². The largest absolute Gasteiger partial charge is 0.330 e. The fourth-order valence-electron chi connectivity index (χ4n) is 3.81. The molecule has 5 heteroatoms. The van der Waals surface area contributed by atoms with E-state index in [-0.39, 0.29) is 0 Å². The van der Waals surface area contributed by atoms with Gasteiger partial charge in [0.15, 0.2) is 0 Å². The van der Waals surface area contributed by atoms with Crippen LogP contribution >= 0.6 is 0 Å². The van der Waals surface area contributed by atoms with Gasteiger partial charge < -0.3 is 27.4 Å². The molecule has 0 saturated carbocycles. The van der Waals surface area contributed by atoms with Gasteiger partial charge in [-0.05, 0) is 104 Å². The molecule has 0 atom stereocenters. The van der Waals surface area contributed by atoms with E-state index in [9.17, 15) is 0 Å². The summed E-state index contributed by atoms with van der Waals surface area (Å²) in [6, 6.07) is 0. The lowest BCUT2D eigenvalue weighted by atomic mass is 10.1. The van der Waals surface area contributed by atoms with Crippen LogP contribution in [0, 0.1) is 0 Å². The Balaban J connectivity index is 3.63. The van der Waals surface area contributed by atoms with Crippen LogP contribution in [0.3, 0.4) is 0 Å². The molecule has 29 heavy (non-hydrogen) atoms. The zero-order valence-electron chi connectivity index (χ0n) is 19.6. The predicted octanol–water partition coefficient (Wildman–Crippen LogP) is 4.00. The van der Waals surface area contributed by atoms with Crippen molar-refractivity contribution in [2.75, 3.05) is 52.4 Å². The van der Waals surface area contributed by atoms with Crippen molar-refractivity contribution >= 4 is 0 Å². The molecule has 0 heterocycles. The van der Waals surface area contributed by atoms with Crippen molar-refractivity contribution in [2.45, 2.75) is 103 Å². The molecule has 0 aromatic heterocycles. The fraction of sp³-hybridized carbons (Fsp3) is 1.00. The maximum atomic E-state index is 5.61. The molecule has 0 saturated heterocycles. The van der Waals surface area contributed by atoms with E-state index in [2.05, 4.69) is 10.2 Å². The molecule has 176 valence electrons. The molecular weight excluding hydrogens is 358 g/mol. The highest BCUT2D eigenvalue weighted by Crippen LogP contribution is 2.08. The number of rotatable bonds is 25. The van der Waals surface area contributed by atoms with Crippen LogP contribution in [0.25, 0.3) is 0 Å². The second kappa shape index (κ2) is 25.8. The second-order valence-corrected chi connectivity index (χ2v) is 8.61. The van der Waals surface area contributed by atoms with Crippen LogP contribution < -0.4 is 22.5 Å². The first-order valence-corrected chi connectivity index (χ1v) is 12.9. The molecule has 0 aliphatic rings. The van der Waals surface area contributed by atoms with E-state index < -0.39 is 0 Å². The minimum atomic E-state index is 0.841. The third-order valence-electron chi connectivity index (χ3n) is 5.74. The molecule has 0 spiro atoms. The lowest BCUT2D eigenvalue weighted by Crippen LogP contribution is -2.27. The Morgan fingerprint density at radius 1 is 0.379 bits per heavy atom. The Morgan fingerprint density at radius 2 is 0.690 bits per heavy atom. The molecule has 0 amide bonds. The summed E-state index contributed by atoms with van der Waals surface area (Å²) < 4.78 is 0. The number of hydrogen-bond acceptors (Lipinski definition) is 5. The highest BCUT2D eigenvalue weighted by atomic mass is 15.1. The Labute approximate surface area is 182 Å². The van der Waals surface area contributed by atoms with Gasteiger partial charge in [-0.1, -0.05) is 51.4 Å². The van der Waals surface area contributed by atoms with Crippen LogP contribution in [0.1, 0.15) is 103 Å². The molecule has 0 rings (SSSR count). The molecule has 0 aliphatic heterocycles. The molecule has 0 radical (unpaired) electrons. The molecule has 0 aromatic carbocycles. The number of nitrogens with two attached hydrogens (primary N) is 3. The molecule has 0 aromatic rings. The van der Waals surface area contributed by atoms with Crippen LogP contribution in [0.4, 0.5) is 0 Å². The first-order chi connectivity index (χ1) is 14.3. The van der Waals surface area contributed by atoms with Crippen LogP contribution in [0.15, 0.2) is 0 Å². The molecule has 0 aliphatic carbocycles. The Kier molecular flexibility index (Phi) is 25.7. The minimum Gasteiger partial charge on any atom is -0.330 e. The van der Waals surface area contributed by atoms with Gasteiger partial charge in [-0.3, -0.25) is 0 Å². The summed E-state index contributed by atoms with van der Waals surface area (Å²) in [5.74, 6) is 0. The summed E-state index contributed by atoms with van der Waals surface area (Å²) >= 11 is 0. The number of nitrogens with one attached hydrogen (secondary N) is 1. The SMILES string of the molecule is NCCCCCCNCCCCCCN(CCCCCCN)CCCCCCN. The van der Waals surface area contributed by atoms with Crippen molar-refractivity contribution in [3.05, 3.63) is 0 Å². The first-order valence-electron chi connectivity index (χ1n) is 12.9. The maximum Gasteiger partial charge on any atom is -0.00187 e. The lowest BCUT2D eigenvalue weighted by molar-refractivity contribution is 0.254. The van der Waals surface area contributed by atoms with Gasteiger partial charge in [0.05, 0.1) is 0 Å². The van der Waals surface area contributed by atoms with Crippen LogP contribution in [0.5, 0.6) is 0 Å². The summed E-state index contributed by atoms with van der Waals surface area (Å²) in [6.45, 7) is 8.70. The smallest absolute Gasteiger partial charge is 0.00187 e. The molecule has 0 bridgehead atoms. The Bertz CT molecular complexity index is 274. The zero-order chi connectivity index (χ0) is 21.3. The maximum absolute atomic E-state index is 5.61. The second-order valence-electron chi connectivity index (χ2n) is 8.61. The van der Waals surface area contributed by atoms with E-state index in [1.54, 1.807) is 0 Å². The van der Waals surface area contributed by atoms with E-state index in [0.29, 0.717) is 0 Å². The van der Waals surface area contributed by atoms with E-state index in [4.69, 9.17) is 17.2 Å². The van der Waals surface area contributed by atoms with Gasteiger partial charge in [-0.15, -0.1) is 0 Å². The molecular formula is C24H55N5. The molecule has 0 fully saturated rings. The average molecular weight is 414 g/mol. The van der Waals surface area contributed by atoms with E-state index in [1.165, 1.54) is 135 Å². The van der Waals surface area contributed by atoms with Gasteiger partial charge in [-0.2, -0.15) is 0 Å². The first kappa shape index (κ1) is 28.8. The number of nitrogens with zero attached hydrogens (tertiary/aromatic N) is 1. The van der Waals surface area contributed by atoms with Crippen molar-refractivity contribution in [3.8, 4) is 0 Å². The summed E-state index contributed by atoms with van der Waals surface area (Å²) in [4.78, 5) is 2.71. The number of unbranched alkanes of at least 4 members (excludes halogenated alkanes) is 12. The summed E-state index contributed by atoms with van der Waals surface area (Å²) in [5.41, 5.74) is 16.7. The van der Waals surface area contributed by atoms with E-state index in [1.807, 2.05) is 0 Å². The zero-order valence-corrected chi connectivity index (χ0v) is 19.6. The topological polar surface area (TPSA) is 93.3 Å². The van der Waals surface area contributed by atoms with Crippen LogP contribution in [0.2, 0.25) is 0 Å². The van der Waals surface area contributed by atoms with Gasteiger partial charge in [0.25, 0.3) is 0 Å². The van der Waals surface area contributed by atoms with Crippen molar-refractivity contribution in [1.29, 1.82) is 0 Å². The minimum absolute atomic E-state index is 0.841.